The molecule has 0 bridgehead atoms. The molecule has 1 aromatic carbocycles. The Morgan fingerprint density at radius 1 is 1.35 bits per heavy atom. The maximum absolute atomic E-state index is 13.7. The zero-order chi connectivity index (χ0) is 18.9. The van der Waals surface area contributed by atoms with Crippen LogP contribution in [0.2, 0.25) is 0 Å². The highest BCUT2D eigenvalue weighted by Gasteiger charge is 2.43. The number of halogens is 1. The minimum Gasteiger partial charge on any atom is -0.396 e. The van der Waals surface area contributed by atoms with E-state index in [9.17, 15) is 14.0 Å². The van der Waals surface area contributed by atoms with E-state index in [4.69, 9.17) is 5.11 Å². The summed E-state index contributed by atoms with van der Waals surface area (Å²) in [7, 11) is 0. The summed E-state index contributed by atoms with van der Waals surface area (Å²) in [4.78, 5) is 30.2. The van der Waals surface area contributed by atoms with Crippen LogP contribution in [-0.4, -0.2) is 35.1 Å². The van der Waals surface area contributed by atoms with E-state index in [1.165, 1.54) is 12.3 Å². The number of anilines is 2. The van der Waals surface area contributed by atoms with Gasteiger partial charge in [0.05, 0.1) is 17.2 Å². The Balaban J connectivity index is 1.91. The van der Waals surface area contributed by atoms with Crippen LogP contribution < -0.4 is 10.2 Å². The Labute approximate surface area is 150 Å². The fourth-order valence-corrected chi connectivity index (χ4v) is 3.13. The maximum atomic E-state index is 13.7. The molecule has 0 saturated carbocycles. The van der Waals surface area contributed by atoms with Crippen LogP contribution in [0.25, 0.3) is 0 Å². The van der Waals surface area contributed by atoms with Crippen LogP contribution in [0, 0.1) is 5.82 Å². The maximum Gasteiger partial charge on any atom is 0.258 e. The number of carbonyl (C=O) groups excluding carboxylic acids is 2. The Bertz CT molecular complexity index is 867. The molecule has 136 valence electrons. The molecule has 0 fully saturated rings. The number of fused-ring (bicyclic) bond motifs is 1. The van der Waals surface area contributed by atoms with Gasteiger partial charge in [-0.3, -0.25) is 14.6 Å². The van der Waals surface area contributed by atoms with Crippen LogP contribution in [-0.2, 0) is 10.2 Å². The summed E-state index contributed by atoms with van der Waals surface area (Å²) >= 11 is 0. The number of hydrogen-bond acceptors (Lipinski definition) is 4. The lowest BCUT2D eigenvalue weighted by Crippen LogP contribution is -2.37. The zero-order valence-electron chi connectivity index (χ0n) is 14.6. The first kappa shape index (κ1) is 18.0. The molecular formula is C19H20FN3O3. The molecule has 2 heterocycles. The van der Waals surface area contributed by atoms with Gasteiger partial charge in [-0.2, -0.15) is 0 Å². The highest BCUT2D eigenvalue weighted by molar-refractivity contribution is 6.09. The Morgan fingerprint density at radius 3 is 2.81 bits per heavy atom. The van der Waals surface area contributed by atoms with Gasteiger partial charge >= 0.3 is 0 Å². The number of benzene rings is 1. The standard InChI is InChI=1S/C19H20FN3O3/c1-19(2)14-5-4-12(10-16(14)23(18(19)26)8-3-9-24)22-17(25)13-6-7-21-11-15(13)20/h4-7,10-11,24H,3,8-9H2,1-2H3,(H,22,25). The predicted molar refractivity (Wildman–Crippen MR) is 95.7 cm³/mol. The number of aromatic nitrogens is 1. The van der Waals surface area contributed by atoms with Gasteiger partial charge < -0.3 is 15.3 Å². The average Bonchev–Trinajstić information content (AvgIpc) is 2.80. The van der Waals surface area contributed by atoms with Crippen molar-refractivity contribution in [3.63, 3.8) is 0 Å². The van der Waals surface area contributed by atoms with E-state index in [2.05, 4.69) is 10.3 Å². The number of pyridine rings is 1. The van der Waals surface area contributed by atoms with Crippen molar-refractivity contribution in [2.45, 2.75) is 25.7 Å². The van der Waals surface area contributed by atoms with Crippen LogP contribution >= 0.6 is 0 Å². The number of hydrogen-bond donors (Lipinski definition) is 2. The van der Waals surface area contributed by atoms with Gasteiger partial charge in [0.25, 0.3) is 5.91 Å². The lowest BCUT2D eigenvalue weighted by molar-refractivity contribution is -0.122. The lowest BCUT2D eigenvalue weighted by atomic mass is 9.86. The molecule has 0 unspecified atom stereocenters. The molecule has 0 spiro atoms. The normalized spacial score (nSPS) is 15.1. The zero-order valence-corrected chi connectivity index (χ0v) is 14.6. The van der Waals surface area contributed by atoms with Crippen LogP contribution in [0.5, 0.6) is 0 Å². The van der Waals surface area contributed by atoms with Gasteiger partial charge in [0.2, 0.25) is 5.91 Å². The molecule has 26 heavy (non-hydrogen) atoms. The monoisotopic (exact) mass is 357 g/mol. The van der Waals surface area contributed by atoms with E-state index in [0.29, 0.717) is 24.3 Å². The summed E-state index contributed by atoms with van der Waals surface area (Å²) in [6.45, 7) is 4.06. The first-order valence-corrected chi connectivity index (χ1v) is 8.34. The smallest absolute Gasteiger partial charge is 0.258 e. The molecular weight excluding hydrogens is 337 g/mol. The minimum atomic E-state index is -0.702. The van der Waals surface area contributed by atoms with Crippen LogP contribution in [0.4, 0.5) is 15.8 Å². The number of carbonyl (C=O) groups is 2. The van der Waals surface area contributed by atoms with Crippen molar-refractivity contribution in [3.8, 4) is 0 Å². The molecule has 1 aliphatic heterocycles. The van der Waals surface area contributed by atoms with Crippen LogP contribution in [0.15, 0.2) is 36.7 Å². The predicted octanol–water partition coefficient (Wildman–Crippen LogP) is 2.48. The molecule has 7 heteroatoms. The van der Waals surface area contributed by atoms with E-state index in [1.807, 2.05) is 13.8 Å². The summed E-state index contributed by atoms with van der Waals surface area (Å²) < 4.78 is 13.7. The molecule has 2 N–H and O–H groups in total. The summed E-state index contributed by atoms with van der Waals surface area (Å²) in [6, 6.07) is 6.50. The third-order valence-corrected chi connectivity index (χ3v) is 4.56. The van der Waals surface area contributed by atoms with Gasteiger partial charge in [0.1, 0.15) is 0 Å². The SMILES string of the molecule is CC1(C)C(=O)N(CCCO)c2cc(NC(=O)c3ccncc3F)ccc21. The van der Waals surface area contributed by atoms with E-state index in [0.717, 1.165) is 11.8 Å². The molecule has 6 nitrogen and oxygen atoms in total. The average molecular weight is 357 g/mol. The highest BCUT2D eigenvalue weighted by Crippen LogP contribution is 2.42. The number of rotatable bonds is 5. The summed E-state index contributed by atoms with van der Waals surface area (Å²) in [5, 5.41) is 11.7. The Morgan fingerprint density at radius 2 is 2.12 bits per heavy atom. The fraction of sp³-hybridized carbons (Fsp3) is 0.316. The second-order valence-corrected chi connectivity index (χ2v) is 6.70. The number of aliphatic hydroxyl groups is 1. The van der Waals surface area contributed by atoms with Crippen LogP contribution in [0.3, 0.4) is 0 Å². The third kappa shape index (κ3) is 3.06. The Kier molecular flexibility index (Phi) is 4.73. The first-order chi connectivity index (χ1) is 12.4. The molecule has 2 amide bonds. The quantitative estimate of drug-likeness (QED) is 0.861. The molecule has 0 radical (unpaired) electrons. The summed E-state index contributed by atoms with van der Waals surface area (Å²) in [5.74, 6) is -1.34. The molecule has 0 saturated heterocycles. The minimum absolute atomic E-state index is 0.0166. The molecule has 1 aliphatic rings. The van der Waals surface area contributed by atoms with Gasteiger partial charge in [-0.05, 0) is 44.0 Å². The van der Waals surface area contributed by atoms with Crippen LogP contribution in [0.1, 0.15) is 36.2 Å². The van der Waals surface area contributed by atoms with Crippen molar-refractivity contribution in [2.24, 2.45) is 0 Å². The van der Waals surface area contributed by atoms with Gasteiger partial charge in [-0.25, -0.2) is 4.39 Å². The van der Waals surface area contributed by atoms with E-state index in [1.54, 1.807) is 23.1 Å². The molecule has 2 aromatic rings. The van der Waals surface area contributed by atoms with Crippen molar-refractivity contribution in [2.75, 3.05) is 23.4 Å². The molecule has 1 aromatic heterocycles. The van der Waals surface area contributed by atoms with Gasteiger partial charge in [-0.15, -0.1) is 0 Å². The number of amides is 2. The largest absolute Gasteiger partial charge is 0.396 e. The second kappa shape index (κ2) is 6.84. The van der Waals surface area contributed by atoms with Crippen molar-refractivity contribution < 1.29 is 19.1 Å². The van der Waals surface area contributed by atoms with E-state index in [-0.39, 0.29) is 18.1 Å². The van der Waals surface area contributed by atoms with Crippen molar-refractivity contribution in [3.05, 3.63) is 53.6 Å². The van der Waals surface area contributed by atoms with E-state index < -0.39 is 17.1 Å². The highest BCUT2D eigenvalue weighted by atomic mass is 19.1. The Hall–Kier alpha value is -2.80. The number of aliphatic hydroxyl groups excluding tert-OH is 1. The number of nitrogens with zero attached hydrogens (tertiary/aromatic N) is 2. The van der Waals surface area contributed by atoms with Gasteiger partial charge in [0, 0.05) is 30.7 Å². The first-order valence-electron chi connectivity index (χ1n) is 8.34. The summed E-state index contributed by atoms with van der Waals surface area (Å²) in [6.07, 6.45) is 2.79. The van der Waals surface area contributed by atoms with Gasteiger partial charge in [-0.1, -0.05) is 6.07 Å². The fourth-order valence-electron chi connectivity index (χ4n) is 3.13. The summed E-state index contributed by atoms with van der Waals surface area (Å²) in [5.41, 5.74) is 1.23. The molecule has 0 atom stereocenters. The molecule has 3 rings (SSSR count). The molecule has 0 aliphatic carbocycles. The lowest BCUT2D eigenvalue weighted by Gasteiger charge is -2.20. The van der Waals surface area contributed by atoms with Gasteiger partial charge in [0.15, 0.2) is 5.82 Å². The second-order valence-electron chi connectivity index (χ2n) is 6.70. The van der Waals surface area contributed by atoms with Crippen molar-refractivity contribution in [1.29, 1.82) is 0 Å². The topological polar surface area (TPSA) is 82.5 Å². The third-order valence-electron chi connectivity index (χ3n) is 4.56. The van der Waals surface area contributed by atoms with E-state index >= 15 is 0 Å². The van der Waals surface area contributed by atoms with Crippen molar-refractivity contribution in [1.82, 2.24) is 4.98 Å². The van der Waals surface area contributed by atoms with Crippen molar-refractivity contribution >= 4 is 23.2 Å². The number of nitrogens with one attached hydrogen (secondary N) is 1.